The number of benzene rings is 2. The predicted molar refractivity (Wildman–Crippen MR) is 161 cm³/mol. The number of hydrogen-bond acceptors (Lipinski definition) is 10. The summed E-state index contributed by atoms with van der Waals surface area (Å²) < 4.78 is 50.5. The Hall–Kier alpha value is -3.90. The van der Waals surface area contributed by atoms with E-state index in [-0.39, 0.29) is 22.8 Å². The number of nitrogens with zero attached hydrogens (tertiary/aromatic N) is 5. The van der Waals surface area contributed by atoms with Crippen molar-refractivity contribution in [2.75, 3.05) is 77.4 Å². The van der Waals surface area contributed by atoms with E-state index in [1.807, 2.05) is 12.1 Å². The van der Waals surface area contributed by atoms with Crippen molar-refractivity contribution in [1.29, 1.82) is 0 Å². The molecule has 0 atom stereocenters. The van der Waals surface area contributed by atoms with Crippen LogP contribution in [0.25, 0.3) is 0 Å². The smallest absolute Gasteiger partial charge is 0.227 e. The molecule has 3 heterocycles. The van der Waals surface area contributed by atoms with E-state index in [1.165, 1.54) is 26.6 Å². The van der Waals surface area contributed by atoms with Crippen LogP contribution in [0.15, 0.2) is 36.7 Å². The van der Waals surface area contributed by atoms with Gasteiger partial charge in [0, 0.05) is 63.1 Å². The van der Waals surface area contributed by atoms with Crippen LogP contribution in [-0.2, 0) is 6.61 Å². The Morgan fingerprint density at radius 2 is 1.47 bits per heavy atom. The van der Waals surface area contributed by atoms with Gasteiger partial charge in [-0.3, -0.25) is 4.90 Å². The highest BCUT2D eigenvalue weighted by Gasteiger charge is 2.28. The first-order chi connectivity index (χ1) is 20.9. The van der Waals surface area contributed by atoms with Crippen LogP contribution in [0.4, 0.5) is 26.1 Å². The minimum absolute atomic E-state index is 0.139. The highest BCUT2D eigenvalue weighted by molar-refractivity contribution is 5.67. The fraction of sp³-hybridized carbons (Fsp3) is 0.484. The fourth-order valence-corrected chi connectivity index (χ4v) is 5.74. The average molecular weight is 599 g/mol. The molecule has 2 saturated heterocycles. The number of hydrogen-bond donors (Lipinski definition) is 1. The van der Waals surface area contributed by atoms with Gasteiger partial charge in [-0.15, -0.1) is 0 Å². The van der Waals surface area contributed by atoms with Gasteiger partial charge in [0.1, 0.15) is 12.4 Å². The predicted octanol–water partition coefficient (Wildman–Crippen LogP) is 4.71. The summed E-state index contributed by atoms with van der Waals surface area (Å²) in [5.41, 5.74) is 1.52. The first kappa shape index (κ1) is 30.6. The summed E-state index contributed by atoms with van der Waals surface area (Å²) in [6.45, 7) is 9.60. The largest absolute Gasteiger partial charge is 0.495 e. The van der Waals surface area contributed by atoms with Crippen molar-refractivity contribution in [1.82, 2.24) is 19.8 Å². The van der Waals surface area contributed by atoms with Gasteiger partial charge in [-0.25, -0.2) is 18.7 Å². The topological polar surface area (TPSA) is 84.5 Å². The first-order valence-corrected chi connectivity index (χ1v) is 14.6. The van der Waals surface area contributed by atoms with Crippen molar-refractivity contribution in [3.63, 3.8) is 0 Å². The van der Waals surface area contributed by atoms with Crippen LogP contribution < -0.4 is 29.2 Å². The van der Waals surface area contributed by atoms with E-state index in [0.29, 0.717) is 12.0 Å². The lowest BCUT2D eigenvalue weighted by atomic mass is 10.0. The van der Waals surface area contributed by atoms with E-state index in [9.17, 15) is 8.78 Å². The molecule has 5 rings (SSSR count). The molecule has 0 spiro atoms. The van der Waals surface area contributed by atoms with Gasteiger partial charge >= 0.3 is 0 Å². The quantitative estimate of drug-likeness (QED) is 0.335. The van der Waals surface area contributed by atoms with Crippen molar-refractivity contribution < 1.29 is 27.7 Å². The summed E-state index contributed by atoms with van der Waals surface area (Å²) in [6.07, 6.45) is 5.14. The summed E-state index contributed by atoms with van der Waals surface area (Å²) in [5.74, 6) is -0.627. The zero-order chi connectivity index (χ0) is 30.3. The Labute approximate surface area is 251 Å². The third-order valence-electron chi connectivity index (χ3n) is 8.29. The van der Waals surface area contributed by atoms with Gasteiger partial charge < -0.3 is 34.1 Å². The van der Waals surface area contributed by atoms with E-state index in [1.54, 1.807) is 7.11 Å². The standard InChI is InChI=1S/C31H40F2N6O4/c1-5-37-12-14-38(15-13-37)22-8-10-39(11-9-22)25-7-6-21(16-26(25)40-2)36-31-34-18-23(19-35-31)43-20-24-29(32)27(41-3)17-28(42-4)30(24)33/h6-7,16-19,22H,5,8-15,20H2,1-4H3,(H,34,35,36). The molecule has 43 heavy (non-hydrogen) atoms. The van der Waals surface area contributed by atoms with Gasteiger partial charge in [0.15, 0.2) is 28.9 Å². The summed E-state index contributed by atoms with van der Waals surface area (Å²) in [7, 11) is 4.26. The highest BCUT2D eigenvalue weighted by atomic mass is 19.1. The molecule has 2 fully saturated rings. The third kappa shape index (κ3) is 7.02. The number of piperazine rings is 1. The van der Waals surface area contributed by atoms with E-state index >= 15 is 0 Å². The second-order valence-electron chi connectivity index (χ2n) is 10.6. The molecular formula is C31H40F2N6O4. The highest BCUT2D eigenvalue weighted by Crippen LogP contribution is 2.35. The SMILES string of the molecule is CCN1CCN(C2CCN(c3ccc(Nc4ncc(OCc5c(F)c(OC)cc(OC)c5F)cn4)cc3OC)CC2)CC1. The van der Waals surface area contributed by atoms with Crippen molar-refractivity contribution in [2.45, 2.75) is 32.4 Å². The summed E-state index contributed by atoms with van der Waals surface area (Å²) in [5, 5.41) is 3.18. The number of methoxy groups -OCH3 is 3. The Morgan fingerprint density at radius 3 is 2.05 bits per heavy atom. The molecule has 0 aliphatic carbocycles. The van der Waals surface area contributed by atoms with Gasteiger partial charge in [-0.1, -0.05) is 6.92 Å². The molecule has 10 nitrogen and oxygen atoms in total. The van der Waals surface area contributed by atoms with Gasteiger partial charge in [0.2, 0.25) is 5.95 Å². The minimum atomic E-state index is -0.854. The van der Waals surface area contributed by atoms with Crippen LogP contribution >= 0.6 is 0 Å². The van der Waals surface area contributed by atoms with Crippen LogP contribution in [0.5, 0.6) is 23.0 Å². The molecule has 0 bridgehead atoms. The molecule has 232 valence electrons. The Balaban J connectivity index is 1.17. The van der Waals surface area contributed by atoms with E-state index < -0.39 is 18.2 Å². The Morgan fingerprint density at radius 1 is 0.837 bits per heavy atom. The lowest BCUT2D eigenvalue weighted by Crippen LogP contribution is -2.53. The van der Waals surface area contributed by atoms with Crippen LogP contribution in [0.3, 0.4) is 0 Å². The van der Waals surface area contributed by atoms with Gasteiger partial charge in [-0.05, 0) is 31.5 Å². The van der Waals surface area contributed by atoms with Gasteiger partial charge in [0.05, 0.1) is 45.0 Å². The maximum absolute atomic E-state index is 14.6. The first-order valence-electron chi connectivity index (χ1n) is 14.6. The van der Waals surface area contributed by atoms with Gasteiger partial charge in [-0.2, -0.15) is 0 Å². The molecule has 2 aliphatic rings. The molecule has 0 unspecified atom stereocenters. The van der Waals surface area contributed by atoms with Crippen LogP contribution in [-0.4, -0.2) is 93.0 Å². The number of ether oxygens (including phenoxy) is 4. The second-order valence-corrected chi connectivity index (χ2v) is 10.6. The lowest BCUT2D eigenvalue weighted by Gasteiger charge is -2.43. The van der Waals surface area contributed by atoms with Crippen LogP contribution in [0.2, 0.25) is 0 Å². The van der Waals surface area contributed by atoms with Crippen LogP contribution in [0.1, 0.15) is 25.3 Å². The number of aromatic nitrogens is 2. The van der Waals surface area contributed by atoms with E-state index in [2.05, 4.69) is 43.0 Å². The number of anilines is 3. The number of halogens is 2. The fourth-order valence-electron chi connectivity index (χ4n) is 5.74. The molecule has 1 N–H and O–H groups in total. The Kier molecular flexibility index (Phi) is 9.98. The summed E-state index contributed by atoms with van der Waals surface area (Å²) in [6, 6.07) is 7.76. The third-order valence-corrected chi connectivity index (χ3v) is 8.29. The zero-order valence-corrected chi connectivity index (χ0v) is 25.2. The number of piperidine rings is 1. The second kappa shape index (κ2) is 14.0. The molecule has 2 aromatic carbocycles. The summed E-state index contributed by atoms with van der Waals surface area (Å²) >= 11 is 0. The van der Waals surface area contributed by atoms with Crippen molar-refractivity contribution >= 4 is 17.3 Å². The average Bonchev–Trinajstić information content (AvgIpc) is 3.05. The van der Waals surface area contributed by atoms with E-state index in [0.717, 1.165) is 81.8 Å². The molecule has 2 aliphatic heterocycles. The molecule has 0 amide bonds. The molecule has 3 aromatic rings. The number of rotatable bonds is 11. The number of likely N-dealkylation sites (N-methyl/N-ethyl adjacent to an activating group) is 1. The van der Waals surface area contributed by atoms with Gasteiger partial charge in [0.25, 0.3) is 0 Å². The molecule has 12 heteroatoms. The summed E-state index contributed by atoms with van der Waals surface area (Å²) in [4.78, 5) is 16.2. The number of nitrogens with one attached hydrogen (secondary N) is 1. The normalized spacial score (nSPS) is 16.7. The minimum Gasteiger partial charge on any atom is -0.495 e. The van der Waals surface area contributed by atoms with E-state index in [4.69, 9.17) is 18.9 Å². The zero-order valence-electron chi connectivity index (χ0n) is 25.2. The Bertz CT molecular complexity index is 1340. The molecular weight excluding hydrogens is 558 g/mol. The van der Waals surface area contributed by atoms with Crippen LogP contribution in [0, 0.1) is 11.6 Å². The molecule has 0 radical (unpaired) electrons. The van der Waals surface area contributed by atoms with Crippen molar-refractivity contribution in [3.05, 3.63) is 53.9 Å². The maximum atomic E-state index is 14.6. The van der Waals surface area contributed by atoms with Crippen molar-refractivity contribution in [3.8, 4) is 23.0 Å². The monoisotopic (exact) mass is 598 g/mol. The lowest BCUT2D eigenvalue weighted by molar-refractivity contribution is 0.0878. The van der Waals surface area contributed by atoms with Crippen molar-refractivity contribution in [2.24, 2.45) is 0 Å². The molecule has 1 aromatic heterocycles. The maximum Gasteiger partial charge on any atom is 0.227 e. The molecule has 0 saturated carbocycles.